The lowest BCUT2D eigenvalue weighted by Crippen LogP contribution is -2.27. The normalized spacial score (nSPS) is 10.3. The van der Waals surface area contributed by atoms with Gasteiger partial charge < -0.3 is 19.8 Å². The van der Waals surface area contributed by atoms with E-state index in [1.165, 1.54) is 0 Å². The minimum Gasteiger partial charge on any atom is -0.481 e. The van der Waals surface area contributed by atoms with Crippen molar-refractivity contribution in [2.45, 2.75) is 45.1 Å². The molecule has 1 aromatic rings. The average molecular weight is 381 g/mol. The molecule has 0 aromatic heterocycles. The van der Waals surface area contributed by atoms with Crippen LogP contribution in [0, 0.1) is 5.92 Å². The molecule has 0 unspecified atom stereocenters. The summed E-state index contributed by atoms with van der Waals surface area (Å²) >= 11 is 0. The molecule has 0 saturated carbocycles. The zero-order chi connectivity index (χ0) is 20.1. The van der Waals surface area contributed by atoms with Crippen LogP contribution < -0.4 is 5.48 Å². The summed E-state index contributed by atoms with van der Waals surface area (Å²) in [6.45, 7) is 0.0245. The summed E-state index contributed by atoms with van der Waals surface area (Å²) in [7, 11) is 0. The van der Waals surface area contributed by atoms with Gasteiger partial charge in [-0.05, 0) is 30.7 Å². The number of hydrogen-bond donors (Lipinski definition) is 3. The molecule has 148 valence electrons. The van der Waals surface area contributed by atoms with Gasteiger partial charge in [-0.2, -0.15) is 0 Å². The number of amides is 1. The maximum absolute atomic E-state index is 11.7. The average Bonchev–Trinajstić information content (AvgIpc) is 2.64. The largest absolute Gasteiger partial charge is 0.481 e. The lowest BCUT2D eigenvalue weighted by molar-refractivity contribution is -0.150. The van der Waals surface area contributed by atoms with Crippen LogP contribution >= 0.6 is 0 Å². The summed E-state index contributed by atoms with van der Waals surface area (Å²) < 4.78 is 4.88. The number of carbonyl (C=O) groups excluding carboxylic acids is 2. The maximum Gasteiger partial charge on any atom is 0.441 e. The van der Waals surface area contributed by atoms with Gasteiger partial charge in [-0.25, -0.2) is 9.59 Å². The topological polar surface area (TPSA) is 139 Å². The first-order valence-electron chi connectivity index (χ1n) is 8.46. The Hall–Kier alpha value is -3.10. The molecule has 0 saturated heterocycles. The third-order valence-corrected chi connectivity index (χ3v) is 3.75. The lowest BCUT2D eigenvalue weighted by atomic mass is 9.93. The molecule has 0 heterocycles. The second-order valence-electron chi connectivity index (χ2n) is 5.91. The van der Waals surface area contributed by atoms with Gasteiger partial charge in [-0.15, -0.1) is 5.48 Å². The second-order valence-corrected chi connectivity index (χ2v) is 5.91. The van der Waals surface area contributed by atoms with E-state index in [-0.39, 0.29) is 51.0 Å². The van der Waals surface area contributed by atoms with Crippen LogP contribution in [0.3, 0.4) is 0 Å². The monoisotopic (exact) mass is 381 g/mol. The van der Waals surface area contributed by atoms with Gasteiger partial charge in [0.1, 0.15) is 6.61 Å². The number of carbonyl (C=O) groups is 4. The van der Waals surface area contributed by atoms with E-state index in [2.05, 4.69) is 4.84 Å². The van der Waals surface area contributed by atoms with Crippen molar-refractivity contribution in [1.82, 2.24) is 5.48 Å². The van der Waals surface area contributed by atoms with Crippen molar-refractivity contribution >= 4 is 24.0 Å². The van der Waals surface area contributed by atoms with Crippen molar-refractivity contribution in [2.75, 3.05) is 0 Å². The highest BCUT2D eigenvalue weighted by Gasteiger charge is 2.16. The summed E-state index contributed by atoms with van der Waals surface area (Å²) in [5.74, 6) is -2.93. The predicted molar refractivity (Wildman–Crippen MR) is 92.3 cm³/mol. The van der Waals surface area contributed by atoms with Crippen molar-refractivity contribution in [3.8, 4) is 0 Å². The smallest absolute Gasteiger partial charge is 0.441 e. The molecule has 27 heavy (non-hydrogen) atoms. The number of ether oxygens (including phenoxy) is 1. The van der Waals surface area contributed by atoms with Gasteiger partial charge in [0.2, 0.25) is 0 Å². The van der Waals surface area contributed by atoms with E-state index in [0.717, 1.165) is 5.56 Å². The number of hydrogen-bond acceptors (Lipinski definition) is 6. The number of carboxylic acid groups (broad SMARTS) is 2. The number of benzene rings is 1. The first-order chi connectivity index (χ1) is 12.9. The Morgan fingerprint density at radius 1 is 0.889 bits per heavy atom. The third-order valence-electron chi connectivity index (χ3n) is 3.75. The number of aliphatic carboxylic acids is 2. The molecule has 0 atom stereocenters. The molecule has 9 heteroatoms. The van der Waals surface area contributed by atoms with Gasteiger partial charge in [0, 0.05) is 19.3 Å². The van der Waals surface area contributed by atoms with Crippen LogP contribution in [-0.2, 0) is 30.6 Å². The minimum absolute atomic E-state index is 0.0245. The number of hydroxylamine groups is 1. The molecule has 9 nitrogen and oxygen atoms in total. The molecule has 0 bridgehead atoms. The molecule has 1 amide bonds. The Morgan fingerprint density at radius 2 is 1.44 bits per heavy atom. The van der Waals surface area contributed by atoms with Gasteiger partial charge >= 0.3 is 24.0 Å². The van der Waals surface area contributed by atoms with E-state index < -0.39 is 24.0 Å². The third kappa shape index (κ3) is 11.2. The van der Waals surface area contributed by atoms with Crippen LogP contribution in [0.2, 0.25) is 0 Å². The minimum atomic E-state index is -0.985. The number of carboxylic acids is 2. The Morgan fingerprint density at radius 3 is 2.00 bits per heavy atom. The molecule has 1 rings (SSSR count). The maximum atomic E-state index is 11.7. The summed E-state index contributed by atoms with van der Waals surface area (Å²) in [5, 5.41) is 17.5. The molecule has 0 aliphatic heterocycles. The van der Waals surface area contributed by atoms with Crippen molar-refractivity contribution < 1.29 is 39.0 Å². The quantitative estimate of drug-likeness (QED) is 0.497. The summed E-state index contributed by atoms with van der Waals surface area (Å²) in [5.41, 5.74) is 2.65. The van der Waals surface area contributed by atoms with Crippen LogP contribution in [0.5, 0.6) is 0 Å². The zero-order valence-corrected chi connectivity index (χ0v) is 14.8. The summed E-state index contributed by atoms with van der Waals surface area (Å²) in [6.07, 6.45) is -0.416. The fourth-order valence-electron chi connectivity index (χ4n) is 2.31. The fourth-order valence-corrected chi connectivity index (χ4v) is 2.31. The van der Waals surface area contributed by atoms with Crippen molar-refractivity contribution in [2.24, 2.45) is 5.92 Å². The van der Waals surface area contributed by atoms with Gasteiger partial charge in [-0.3, -0.25) is 9.59 Å². The van der Waals surface area contributed by atoms with E-state index in [9.17, 15) is 19.2 Å². The predicted octanol–water partition coefficient (Wildman–Crippen LogP) is 2.50. The van der Waals surface area contributed by atoms with Crippen LogP contribution in [0.4, 0.5) is 4.79 Å². The standard InChI is InChI=1S/C18H23NO8/c20-15(21)9-6-13(7-10-16(22)23)8-11-17(24)27-19-18(25)26-12-14-4-2-1-3-5-14/h1-5,13H,6-12H2,(H,19,25)(H,20,21)(H,22,23). The Labute approximate surface area is 156 Å². The highest BCUT2D eigenvalue weighted by atomic mass is 16.7. The second kappa shape index (κ2) is 12.3. The van der Waals surface area contributed by atoms with Crippen LogP contribution in [0.25, 0.3) is 0 Å². The van der Waals surface area contributed by atoms with E-state index in [1.54, 1.807) is 24.3 Å². The first-order valence-corrected chi connectivity index (χ1v) is 8.46. The van der Waals surface area contributed by atoms with Crippen LogP contribution in [0.1, 0.15) is 44.1 Å². The van der Waals surface area contributed by atoms with Crippen LogP contribution in [0.15, 0.2) is 30.3 Å². The van der Waals surface area contributed by atoms with E-state index >= 15 is 0 Å². The highest BCUT2D eigenvalue weighted by Crippen LogP contribution is 2.20. The van der Waals surface area contributed by atoms with Gasteiger partial charge in [0.25, 0.3) is 0 Å². The van der Waals surface area contributed by atoms with Gasteiger partial charge in [-0.1, -0.05) is 30.3 Å². The van der Waals surface area contributed by atoms with E-state index in [4.69, 9.17) is 14.9 Å². The Bertz CT molecular complexity index is 614. The van der Waals surface area contributed by atoms with Crippen molar-refractivity contribution in [3.05, 3.63) is 35.9 Å². The van der Waals surface area contributed by atoms with Crippen LogP contribution in [-0.4, -0.2) is 34.2 Å². The van der Waals surface area contributed by atoms with Gasteiger partial charge in [0.15, 0.2) is 0 Å². The molecule has 0 radical (unpaired) electrons. The number of rotatable bonds is 11. The van der Waals surface area contributed by atoms with Gasteiger partial charge in [0.05, 0.1) is 0 Å². The Balaban J connectivity index is 2.28. The molecular formula is C18H23NO8. The zero-order valence-electron chi connectivity index (χ0n) is 14.8. The SMILES string of the molecule is O=C(O)CCC(CCC(=O)O)CCC(=O)ONC(=O)OCc1ccccc1. The fraction of sp³-hybridized carbons (Fsp3) is 0.444. The van der Waals surface area contributed by atoms with Crippen molar-refractivity contribution in [1.29, 1.82) is 0 Å². The molecule has 0 aliphatic rings. The Kier molecular flexibility index (Phi) is 9.98. The first kappa shape index (κ1) is 21.9. The molecular weight excluding hydrogens is 358 g/mol. The number of nitrogens with one attached hydrogen (secondary N) is 1. The molecule has 0 aliphatic carbocycles. The van der Waals surface area contributed by atoms with E-state index in [1.807, 2.05) is 11.5 Å². The lowest BCUT2D eigenvalue weighted by Gasteiger charge is -2.14. The summed E-state index contributed by atoms with van der Waals surface area (Å²) in [6, 6.07) is 8.95. The van der Waals surface area contributed by atoms with E-state index in [0.29, 0.717) is 0 Å². The molecule has 3 N–H and O–H groups in total. The highest BCUT2D eigenvalue weighted by molar-refractivity contribution is 5.73. The molecule has 1 aromatic carbocycles. The summed E-state index contributed by atoms with van der Waals surface area (Å²) in [4.78, 5) is 49.1. The molecule has 0 spiro atoms. The molecule has 0 fully saturated rings. The van der Waals surface area contributed by atoms with Crippen molar-refractivity contribution in [3.63, 3.8) is 0 Å².